The number of carbonyl (C=O) groups excluding carboxylic acids is 3. The van der Waals surface area contributed by atoms with Crippen LogP contribution < -0.4 is 15.4 Å². The molecule has 41 heavy (non-hydrogen) atoms. The van der Waals surface area contributed by atoms with Gasteiger partial charge in [0.25, 0.3) is 11.8 Å². The molecule has 0 atom stereocenters. The zero-order chi connectivity index (χ0) is 29.4. The molecule has 1 aliphatic heterocycles. The number of rotatable bonds is 8. The zero-order valence-electron chi connectivity index (χ0n) is 22.5. The van der Waals surface area contributed by atoms with Crippen LogP contribution in [0.15, 0.2) is 59.7 Å². The number of aromatic nitrogens is 1. The Balaban J connectivity index is 1.47. The number of aliphatic imine (C=N–C) groups is 1. The lowest BCUT2D eigenvalue weighted by molar-refractivity contribution is -0.146. The van der Waals surface area contributed by atoms with Crippen molar-refractivity contribution in [3.8, 4) is 18.1 Å². The van der Waals surface area contributed by atoms with E-state index in [9.17, 15) is 14.4 Å². The Hall–Kier alpha value is -4.88. The Kier molecular flexibility index (Phi) is 9.55. The third kappa shape index (κ3) is 7.41. The number of terminal acetylenes is 1. The van der Waals surface area contributed by atoms with E-state index in [-0.39, 0.29) is 34.7 Å². The number of piperidine rings is 1. The van der Waals surface area contributed by atoms with Gasteiger partial charge < -0.3 is 25.0 Å². The Bertz CT molecular complexity index is 1490. The fourth-order valence-electron chi connectivity index (χ4n) is 4.25. The number of amides is 2. The number of pyridine rings is 1. The van der Waals surface area contributed by atoms with E-state index in [1.54, 1.807) is 48.8 Å². The highest BCUT2D eigenvalue weighted by Gasteiger charge is 2.24. The summed E-state index contributed by atoms with van der Waals surface area (Å²) < 4.78 is 10.3. The molecule has 2 aromatic carbocycles. The molecule has 0 spiro atoms. The topological polar surface area (TPSA) is 122 Å². The van der Waals surface area contributed by atoms with Crippen LogP contribution in [0.5, 0.6) is 5.75 Å². The van der Waals surface area contributed by atoms with Gasteiger partial charge in [0.05, 0.1) is 48.4 Å². The Labute approximate surface area is 242 Å². The van der Waals surface area contributed by atoms with E-state index < -0.39 is 11.8 Å². The van der Waals surface area contributed by atoms with Gasteiger partial charge in [0, 0.05) is 30.4 Å². The highest BCUT2D eigenvalue weighted by Crippen LogP contribution is 2.32. The van der Waals surface area contributed by atoms with Gasteiger partial charge in [-0.1, -0.05) is 17.5 Å². The maximum absolute atomic E-state index is 13.2. The summed E-state index contributed by atoms with van der Waals surface area (Å²) in [5, 5.41) is 5.87. The molecule has 4 rings (SSSR count). The van der Waals surface area contributed by atoms with Crippen LogP contribution in [-0.4, -0.2) is 61.3 Å². The van der Waals surface area contributed by atoms with Crippen molar-refractivity contribution < 1.29 is 23.9 Å². The predicted octanol–water partition coefficient (Wildman–Crippen LogP) is 4.77. The number of nitrogens with one attached hydrogen (secondary N) is 2. The second kappa shape index (κ2) is 13.5. The minimum atomic E-state index is -0.550. The summed E-state index contributed by atoms with van der Waals surface area (Å²) in [7, 11) is 2.82. The number of hydrogen-bond acceptors (Lipinski definition) is 7. The summed E-state index contributed by atoms with van der Waals surface area (Å²) in [6.45, 7) is 1.40. The maximum Gasteiger partial charge on any atom is 0.308 e. The Morgan fingerprint density at radius 3 is 2.41 bits per heavy atom. The van der Waals surface area contributed by atoms with Crippen molar-refractivity contribution in [3.05, 3.63) is 76.4 Å². The number of carbonyl (C=O) groups is 3. The fourth-order valence-corrected chi connectivity index (χ4v) is 4.36. The van der Waals surface area contributed by atoms with Gasteiger partial charge in [-0.3, -0.25) is 14.4 Å². The van der Waals surface area contributed by atoms with Gasteiger partial charge in [-0.25, -0.2) is 9.98 Å². The van der Waals surface area contributed by atoms with E-state index in [1.165, 1.54) is 26.5 Å². The fraction of sp³-hybridized carbons (Fsp3) is 0.233. The Morgan fingerprint density at radius 2 is 1.80 bits per heavy atom. The van der Waals surface area contributed by atoms with E-state index >= 15 is 0 Å². The molecule has 1 saturated heterocycles. The lowest BCUT2D eigenvalue weighted by atomic mass is 9.97. The van der Waals surface area contributed by atoms with Crippen LogP contribution in [0.4, 0.5) is 17.2 Å². The van der Waals surface area contributed by atoms with Crippen LogP contribution in [0.2, 0.25) is 5.02 Å². The third-order valence-corrected chi connectivity index (χ3v) is 6.73. The third-order valence-electron chi connectivity index (χ3n) is 6.50. The highest BCUT2D eigenvalue weighted by molar-refractivity contribution is 6.30. The van der Waals surface area contributed by atoms with E-state index in [2.05, 4.69) is 26.5 Å². The average Bonchev–Trinajstić information content (AvgIpc) is 3.01. The standard InChI is InChI=1S/C30H28ClN5O5/c1-4-19-15-24(29(38)34-26-10-7-22(31)17-32-26)27(25(16-19)40-2)35-28(37)20-5-8-23(9-6-20)33-18-36-13-11-21(12-14-36)30(39)41-3/h1,5-10,15-18,21H,11-14H2,2-3H3,(H,35,37)(H,32,34,38). The molecule has 2 heterocycles. The number of esters is 1. The summed E-state index contributed by atoms with van der Waals surface area (Å²) in [5.74, 6) is 1.71. The number of anilines is 2. The van der Waals surface area contributed by atoms with Crippen molar-refractivity contribution in [1.29, 1.82) is 0 Å². The van der Waals surface area contributed by atoms with Gasteiger partial charge in [0.1, 0.15) is 11.6 Å². The van der Waals surface area contributed by atoms with Crippen LogP contribution in [0, 0.1) is 18.3 Å². The van der Waals surface area contributed by atoms with Crippen molar-refractivity contribution in [2.45, 2.75) is 12.8 Å². The molecular formula is C30H28ClN5O5. The number of ether oxygens (including phenoxy) is 2. The Morgan fingerprint density at radius 1 is 1.07 bits per heavy atom. The summed E-state index contributed by atoms with van der Waals surface area (Å²) in [5.41, 5.74) is 1.64. The molecule has 11 heteroatoms. The van der Waals surface area contributed by atoms with Crippen LogP contribution in [0.3, 0.4) is 0 Å². The quantitative estimate of drug-likeness (QED) is 0.172. The average molecular weight is 574 g/mol. The second-order valence-corrected chi connectivity index (χ2v) is 9.58. The van der Waals surface area contributed by atoms with E-state index in [4.69, 9.17) is 27.5 Å². The molecule has 1 aliphatic rings. The van der Waals surface area contributed by atoms with E-state index in [0.717, 1.165) is 0 Å². The molecule has 1 aromatic heterocycles. The van der Waals surface area contributed by atoms with Crippen molar-refractivity contribution in [2.24, 2.45) is 10.9 Å². The summed E-state index contributed by atoms with van der Waals surface area (Å²) >= 11 is 5.88. The monoisotopic (exact) mass is 573 g/mol. The smallest absolute Gasteiger partial charge is 0.308 e. The van der Waals surface area contributed by atoms with Crippen LogP contribution in [0.1, 0.15) is 39.1 Å². The number of hydrogen-bond donors (Lipinski definition) is 2. The zero-order valence-corrected chi connectivity index (χ0v) is 23.3. The molecule has 0 unspecified atom stereocenters. The molecule has 210 valence electrons. The molecule has 10 nitrogen and oxygen atoms in total. The van der Waals surface area contributed by atoms with Crippen LogP contribution >= 0.6 is 11.6 Å². The summed E-state index contributed by atoms with van der Waals surface area (Å²) in [4.78, 5) is 48.7. The van der Waals surface area contributed by atoms with Gasteiger partial charge in [0.2, 0.25) is 0 Å². The molecule has 0 radical (unpaired) electrons. The molecule has 0 saturated carbocycles. The van der Waals surface area contributed by atoms with E-state index in [0.29, 0.717) is 47.8 Å². The summed E-state index contributed by atoms with van der Waals surface area (Å²) in [6, 6.07) is 12.9. The predicted molar refractivity (Wildman–Crippen MR) is 157 cm³/mol. The lowest BCUT2D eigenvalue weighted by Gasteiger charge is -2.28. The van der Waals surface area contributed by atoms with Gasteiger partial charge >= 0.3 is 5.97 Å². The number of halogens is 1. The minimum Gasteiger partial charge on any atom is -0.495 e. The first-order valence-corrected chi connectivity index (χ1v) is 13.1. The van der Waals surface area contributed by atoms with Crippen molar-refractivity contribution in [2.75, 3.05) is 37.9 Å². The van der Waals surface area contributed by atoms with Gasteiger partial charge in [-0.2, -0.15) is 0 Å². The van der Waals surface area contributed by atoms with E-state index in [1.807, 2.05) is 4.90 Å². The minimum absolute atomic E-state index is 0.0791. The largest absolute Gasteiger partial charge is 0.495 e. The molecule has 0 bridgehead atoms. The normalized spacial score (nSPS) is 13.4. The first-order valence-electron chi connectivity index (χ1n) is 12.7. The molecule has 0 aliphatic carbocycles. The van der Waals surface area contributed by atoms with Crippen LogP contribution in [0.25, 0.3) is 0 Å². The molecule has 2 amide bonds. The first kappa shape index (κ1) is 29.1. The van der Waals surface area contributed by atoms with Crippen molar-refractivity contribution in [3.63, 3.8) is 0 Å². The van der Waals surface area contributed by atoms with Crippen LogP contribution in [-0.2, 0) is 9.53 Å². The second-order valence-electron chi connectivity index (χ2n) is 9.14. The van der Waals surface area contributed by atoms with Crippen molar-refractivity contribution >= 4 is 52.9 Å². The first-order chi connectivity index (χ1) is 19.8. The van der Waals surface area contributed by atoms with Gasteiger partial charge in [0.15, 0.2) is 0 Å². The molecular weight excluding hydrogens is 546 g/mol. The summed E-state index contributed by atoms with van der Waals surface area (Å²) in [6.07, 6.45) is 10.1. The molecule has 1 fully saturated rings. The number of nitrogens with zero attached hydrogens (tertiary/aromatic N) is 3. The molecule has 2 N–H and O–H groups in total. The van der Waals surface area contributed by atoms with Gasteiger partial charge in [-0.05, 0) is 61.4 Å². The van der Waals surface area contributed by atoms with Crippen molar-refractivity contribution in [1.82, 2.24) is 9.88 Å². The number of benzene rings is 2. The lowest BCUT2D eigenvalue weighted by Crippen LogP contribution is -2.35. The molecule has 3 aromatic rings. The SMILES string of the molecule is C#Cc1cc(OC)c(NC(=O)c2ccc(N=CN3CCC(C(=O)OC)CC3)cc2)c(C(=O)Nc2ccc(Cl)cn2)c1. The highest BCUT2D eigenvalue weighted by atomic mass is 35.5. The maximum atomic E-state index is 13.2. The number of likely N-dealkylation sites (tertiary alicyclic amines) is 1. The number of methoxy groups -OCH3 is 2. The van der Waals surface area contributed by atoms with Gasteiger partial charge in [-0.15, -0.1) is 6.42 Å².